The highest BCUT2D eigenvalue weighted by Gasteiger charge is 2.37. The minimum Gasteiger partial charge on any atom is -0.496 e. The maximum atomic E-state index is 12.9. The van der Waals surface area contributed by atoms with Gasteiger partial charge in [0.25, 0.3) is 5.91 Å². The van der Waals surface area contributed by atoms with Crippen LogP contribution in [-0.2, 0) is 11.2 Å². The summed E-state index contributed by atoms with van der Waals surface area (Å²) in [4.78, 5) is 13.7. The van der Waals surface area contributed by atoms with E-state index in [4.69, 9.17) is 13.9 Å². The van der Waals surface area contributed by atoms with Gasteiger partial charge in [-0.3, -0.25) is 9.48 Å². The molecule has 1 saturated heterocycles. The van der Waals surface area contributed by atoms with E-state index in [9.17, 15) is 18.0 Å². The van der Waals surface area contributed by atoms with E-state index in [2.05, 4.69) is 11.3 Å². The van der Waals surface area contributed by atoms with E-state index in [-0.39, 0.29) is 17.9 Å². The van der Waals surface area contributed by atoms with Crippen LogP contribution in [0.4, 0.5) is 13.2 Å². The van der Waals surface area contributed by atoms with Crippen LogP contribution in [0.15, 0.2) is 53.4 Å². The summed E-state index contributed by atoms with van der Waals surface area (Å²) in [5.74, 6) is -0.421. The number of aromatic nitrogens is 2. The monoisotopic (exact) mass is 525 g/mol. The number of fused-ring (bicyclic) bond motifs is 2. The fourth-order valence-electron chi connectivity index (χ4n) is 5.38. The summed E-state index contributed by atoms with van der Waals surface area (Å²) in [6.07, 6.45) is 3.29. The number of hydrogen-bond donors (Lipinski definition) is 0. The molecule has 2 aliphatic heterocycles. The van der Waals surface area contributed by atoms with E-state index in [0.717, 1.165) is 58.6 Å². The van der Waals surface area contributed by atoms with Crippen molar-refractivity contribution in [2.75, 3.05) is 33.4 Å². The van der Waals surface area contributed by atoms with Crippen LogP contribution in [0.5, 0.6) is 5.75 Å². The summed E-state index contributed by atoms with van der Waals surface area (Å²) in [5.41, 5.74) is 5.11. The fourth-order valence-corrected chi connectivity index (χ4v) is 5.38. The lowest BCUT2D eigenvalue weighted by Gasteiger charge is -2.30. The van der Waals surface area contributed by atoms with E-state index in [1.807, 2.05) is 35.1 Å². The van der Waals surface area contributed by atoms with Gasteiger partial charge in [-0.15, -0.1) is 0 Å². The molecule has 1 amide bonds. The third kappa shape index (κ3) is 4.53. The Morgan fingerprint density at radius 1 is 1.11 bits per heavy atom. The summed E-state index contributed by atoms with van der Waals surface area (Å²) < 4.78 is 57.7. The first-order valence-corrected chi connectivity index (χ1v) is 12.5. The highest BCUT2D eigenvalue weighted by molar-refractivity contribution is 6.02. The first kappa shape index (κ1) is 24.5. The maximum Gasteiger partial charge on any atom is 0.406 e. The maximum absolute atomic E-state index is 12.9. The zero-order chi connectivity index (χ0) is 26.4. The molecule has 0 N–H and O–H groups in total. The van der Waals surface area contributed by atoms with Crippen LogP contribution < -0.4 is 4.74 Å². The van der Waals surface area contributed by atoms with Crippen molar-refractivity contribution in [2.24, 2.45) is 0 Å². The Kier molecular flexibility index (Phi) is 6.14. The minimum atomic E-state index is -4.46. The Labute approximate surface area is 216 Å². The Hall–Kier alpha value is -3.79. The van der Waals surface area contributed by atoms with Gasteiger partial charge in [0.1, 0.15) is 17.9 Å². The molecule has 0 unspecified atom stereocenters. The third-order valence-corrected chi connectivity index (χ3v) is 7.31. The van der Waals surface area contributed by atoms with Crippen molar-refractivity contribution >= 4 is 16.9 Å². The zero-order valence-electron chi connectivity index (χ0n) is 20.8. The second kappa shape index (κ2) is 9.50. The lowest BCUT2D eigenvalue weighted by molar-refractivity contribution is -0.141. The van der Waals surface area contributed by atoms with Crippen LogP contribution in [-0.4, -0.2) is 60.2 Å². The number of rotatable bonds is 5. The number of ether oxygens (including phenoxy) is 2. The van der Waals surface area contributed by atoms with Crippen LogP contribution in [0.25, 0.3) is 33.2 Å². The van der Waals surface area contributed by atoms with Crippen LogP contribution in [0.2, 0.25) is 0 Å². The zero-order valence-corrected chi connectivity index (χ0v) is 20.8. The average Bonchev–Trinajstić information content (AvgIpc) is 3.57. The van der Waals surface area contributed by atoms with Crippen molar-refractivity contribution in [3.8, 4) is 28.0 Å². The number of furan rings is 1. The molecule has 198 valence electrons. The number of methoxy groups -OCH3 is 1. The predicted molar refractivity (Wildman–Crippen MR) is 134 cm³/mol. The van der Waals surface area contributed by atoms with Crippen LogP contribution in [0, 0.1) is 0 Å². The molecule has 2 aromatic heterocycles. The van der Waals surface area contributed by atoms with E-state index < -0.39 is 18.6 Å². The van der Waals surface area contributed by atoms with Crippen molar-refractivity contribution in [3.63, 3.8) is 0 Å². The summed E-state index contributed by atoms with van der Waals surface area (Å²) in [6.45, 7) is 0.205. The molecule has 2 aliphatic rings. The number of halogens is 3. The van der Waals surface area contributed by atoms with E-state index in [1.54, 1.807) is 12.3 Å². The van der Waals surface area contributed by atoms with E-state index >= 15 is 0 Å². The standard InChI is InChI=1S/C28H26F3N3O4/c1-36-25-12-19(10-18-4-7-33(16-28(29,30)31)27(35)26(18)25)23-15-38-24-11-17(2-3-22(23)24)20-13-32-34(14-20)21-5-8-37-9-6-21/h2-3,10-15,21H,4-9,16H2,1H3. The highest BCUT2D eigenvalue weighted by atomic mass is 19.4. The largest absolute Gasteiger partial charge is 0.496 e. The lowest BCUT2D eigenvalue weighted by Crippen LogP contribution is -2.43. The van der Waals surface area contributed by atoms with Gasteiger partial charge in [0.2, 0.25) is 0 Å². The molecule has 0 saturated carbocycles. The second-order valence-corrected chi connectivity index (χ2v) is 9.72. The fraction of sp³-hybridized carbons (Fsp3) is 0.357. The normalized spacial score (nSPS) is 16.7. The van der Waals surface area contributed by atoms with Gasteiger partial charge in [0.15, 0.2) is 0 Å². The Morgan fingerprint density at radius 3 is 2.68 bits per heavy atom. The van der Waals surface area contributed by atoms with Gasteiger partial charge < -0.3 is 18.8 Å². The number of carbonyl (C=O) groups is 1. The van der Waals surface area contributed by atoms with Crippen LogP contribution in [0.1, 0.15) is 34.8 Å². The Balaban J connectivity index is 1.31. The number of benzene rings is 2. The molecular formula is C28H26F3N3O4. The average molecular weight is 526 g/mol. The quantitative estimate of drug-likeness (QED) is 0.325. The van der Waals surface area contributed by atoms with Gasteiger partial charge in [-0.2, -0.15) is 18.3 Å². The molecular weight excluding hydrogens is 499 g/mol. The lowest BCUT2D eigenvalue weighted by atomic mass is 9.92. The number of alkyl halides is 3. The molecule has 38 heavy (non-hydrogen) atoms. The van der Waals surface area contributed by atoms with Gasteiger partial charge >= 0.3 is 6.18 Å². The third-order valence-electron chi connectivity index (χ3n) is 7.31. The van der Waals surface area contributed by atoms with E-state index in [1.165, 1.54) is 7.11 Å². The molecule has 7 nitrogen and oxygen atoms in total. The smallest absolute Gasteiger partial charge is 0.406 e. The highest BCUT2D eigenvalue weighted by Crippen LogP contribution is 2.39. The van der Waals surface area contributed by atoms with Crippen molar-refractivity contribution in [2.45, 2.75) is 31.5 Å². The van der Waals surface area contributed by atoms with Crippen LogP contribution >= 0.6 is 0 Å². The van der Waals surface area contributed by atoms with Crippen molar-refractivity contribution in [3.05, 3.63) is 60.1 Å². The molecule has 0 atom stereocenters. The van der Waals surface area contributed by atoms with Gasteiger partial charge in [-0.05, 0) is 60.2 Å². The summed E-state index contributed by atoms with van der Waals surface area (Å²) in [6, 6.07) is 9.83. The van der Waals surface area contributed by atoms with Gasteiger partial charge in [0.05, 0.1) is 31.2 Å². The second-order valence-electron chi connectivity index (χ2n) is 9.72. The molecule has 0 aliphatic carbocycles. The number of amides is 1. The number of hydrogen-bond acceptors (Lipinski definition) is 5. The molecule has 6 rings (SSSR count). The molecule has 10 heteroatoms. The first-order valence-electron chi connectivity index (χ1n) is 12.5. The van der Waals surface area contributed by atoms with Crippen LogP contribution in [0.3, 0.4) is 0 Å². The molecule has 0 bridgehead atoms. The summed E-state index contributed by atoms with van der Waals surface area (Å²) in [7, 11) is 1.41. The number of carbonyl (C=O) groups excluding carboxylic acids is 1. The SMILES string of the molecule is COc1cc(-c2coc3cc(-c4cnn(C5CCOCC5)c4)ccc23)cc2c1C(=O)N(CC(F)(F)F)CC2. The van der Waals surface area contributed by atoms with Gasteiger partial charge in [-0.25, -0.2) is 0 Å². The molecule has 0 spiro atoms. The molecule has 0 radical (unpaired) electrons. The summed E-state index contributed by atoms with van der Waals surface area (Å²) in [5, 5.41) is 5.45. The molecule has 4 aromatic rings. The molecule has 1 fully saturated rings. The Bertz CT molecular complexity index is 1480. The van der Waals surface area contributed by atoms with Gasteiger partial charge in [0, 0.05) is 42.5 Å². The molecule has 4 heterocycles. The van der Waals surface area contributed by atoms with Crippen molar-refractivity contribution < 1.29 is 31.9 Å². The molecule has 2 aromatic carbocycles. The number of nitrogens with zero attached hydrogens (tertiary/aromatic N) is 3. The Morgan fingerprint density at radius 2 is 1.92 bits per heavy atom. The topological polar surface area (TPSA) is 69.7 Å². The van der Waals surface area contributed by atoms with Crippen molar-refractivity contribution in [1.29, 1.82) is 0 Å². The predicted octanol–water partition coefficient (Wildman–Crippen LogP) is 5.88. The first-order chi connectivity index (χ1) is 18.3. The summed E-state index contributed by atoms with van der Waals surface area (Å²) >= 11 is 0. The van der Waals surface area contributed by atoms with E-state index in [0.29, 0.717) is 23.6 Å². The van der Waals surface area contributed by atoms with Gasteiger partial charge in [-0.1, -0.05) is 6.07 Å². The van der Waals surface area contributed by atoms with Crippen molar-refractivity contribution in [1.82, 2.24) is 14.7 Å². The minimum absolute atomic E-state index is 0.00495.